The summed E-state index contributed by atoms with van der Waals surface area (Å²) >= 11 is 0. The molecule has 0 bridgehead atoms. The van der Waals surface area contributed by atoms with Gasteiger partial charge in [-0.05, 0) is 99.8 Å². The molecule has 0 saturated heterocycles. The molecule has 10 nitrogen and oxygen atoms in total. The minimum Gasteiger partial charge on any atom is -0.340 e. The monoisotopic (exact) mass is 2080 g/mol. The quantitative estimate of drug-likeness (QED) is 0.0932. The molecular weight excluding hydrogens is 2020 g/mol. The largest absolute Gasteiger partial charge is 0.340 e. The third-order valence-electron chi connectivity index (χ3n) is 20.4. The van der Waals surface area contributed by atoms with Crippen LogP contribution in [0.4, 0.5) is 4.39 Å². The first-order valence-corrected chi connectivity index (χ1v) is 34.4. The van der Waals surface area contributed by atoms with E-state index in [1.165, 1.54) is 110 Å². The summed E-state index contributed by atoms with van der Waals surface area (Å²) in [6.07, 6.45) is 7.49. The maximum absolute atomic E-state index is 13.4. The summed E-state index contributed by atoms with van der Waals surface area (Å²) in [5, 5.41) is 17.4. The standard InChI is InChI=1S/C22H17N2.C20H13N2.C19H11N2.C15H8FN2.C15H9N2.4Ir/c1-14(2)15-11-12-19-21(13-15)24-20-10-6-5-8-17(20)16-7-3-4-9-18(16)22(24)23-19;1-2-9-16-14(7-1)15-8-5-6-13-12-21-17-10-3-4-11-18(17)22(16)20(21)19(13)15;1-2-9-15-13(7-1)14-8-3-5-11-17(14)21-18-12-6-4-10-16(18)20-19(15)21;16-10-5-6-12-13(9-10)11-3-1-2-4-14(11)18-8-7-17-15(12)18;1-2-7-13-11(5-1)12-6-3-4-8-14(12)17-10-9-16-15(13)17;;;;/h3-8,10-14H,1-2H3;1-11H,12H2;1-8,10-12H;1-5,7-9H;1-6,8-10H;;;;/q-1;+1;3*-1;;;;. The Morgan fingerprint density at radius 3 is 1.36 bits per heavy atom. The fourth-order valence-corrected chi connectivity index (χ4v) is 15.9. The molecule has 0 fully saturated rings. The zero-order chi connectivity index (χ0) is 67.7. The zero-order valence-electron chi connectivity index (χ0n) is 56.8. The topological polar surface area (TPSA) is 77.5 Å². The van der Waals surface area contributed by atoms with E-state index in [4.69, 9.17) is 9.97 Å². The van der Waals surface area contributed by atoms with Crippen molar-refractivity contribution in [1.29, 1.82) is 0 Å². The molecule has 0 atom stereocenters. The van der Waals surface area contributed by atoms with Crippen molar-refractivity contribution in [3.05, 3.63) is 339 Å². The molecule has 10 aromatic heterocycles. The van der Waals surface area contributed by atoms with Gasteiger partial charge in [-0.2, -0.15) is 4.40 Å². The summed E-state index contributed by atoms with van der Waals surface area (Å²) in [5.41, 5.74) is 20.7. The van der Waals surface area contributed by atoms with Gasteiger partial charge >= 0.3 is 0 Å². The fraction of sp³-hybridized carbons (Fsp3) is 0.0440. The summed E-state index contributed by atoms with van der Waals surface area (Å²) in [5.74, 6) is 0.224. The Balaban J connectivity index is 0.000000101. The van der Waals surface area contributed by atoms with Gasteiger partial charge in [-0.15, -0.1) is 107 Å². The van der Waals surface area contributed by atoms with Gasteiger partial charge in [-0.3, -0.25) is 24.3 Å². The van der Waals surface area contributed by atoms with Crippen molar-refractivity contribution in [3.63, 3.8) is 0 Å². The van der Waals surface area contributed by atoms with Gasteiger partial charge < -0.3 is 17.6 Å². The number of imidazole rings is 5. The molecule has 4 radical (unpaired) electrons. The molecule has 23 aromatic rings. The number of hydrogen-bond donors (Lipinski definition) is 0. The third-order valence-corrected chi connectivity index (χ3v) is 20.4. The molecule has 0 saturated carbocycles. The number of fused-ring (bicyclic) bond motifs is 34. The Labute approximate surface area is 660 Å². The van der Waals surface area contributed by atoms with E-state index >= 15 is 0 Å². The molecule has 1 aliphatic rings. The first kappa shape index (κ1) is 69.6. The third kappa shape index (κ3) is 11.1. The van der Waals surface area contributed by atoms with E-state index in [-0.39, 0.29) is 86.2 Å². The van der Waals surface area contributed by atoms with Crippen LogP contribution < -0.4 is 4.57 Å². The second kappa shape index (κ2) is 28.3. The van der Waals surface area contributed by atoms with Crippen LogP contribution in [-0.2, 0) is 87.0 Å². The van der Waals surface area contributed by atoms with Crippen molar-refractivity contribution in [2.75, 3.05) is 0 Å². The maximum Gasteiger partial charge on any atom is 0.296 e. The number of rotatable bonds is 1. The van der Waals surface area contributed by atoms with Crippen LogP contribution in [0.1, 0.15) is 30.9 Å². The molecule has 0 unspecified atom stereocenters. The average Bonchev–Trinajstić information content (AvgIpc) is 1.53. The van der Waals surface area contributed by atoms with E-state index in [0.29, 0.717) is 5.92 Å². The molecule has 518 valence electrons. The van der Waals surface area contributed by atoms with Crippen LogP contribution in [-0.4, -0.2) is 41.9 Å². The number of nitrogens with zero attached hydrogens (tertiary/aromatic N) is 10. The fourth-order valence-electron chi connectivity index (χ4n) is 15.9. The zero-order valence-corrected chi connectivity index (χ0v) is 66.3. The van der Waals surface area contributed by atoms with Crippen LogP contribution >= 0.6 is 0 Å². The predicted octanol–water partition coefficient (Wildman–Crippen LogP) is 21.4. The molecule has 0 amide bonds. The predicted molar refractivity (Wildman–Crippen MR) is 414 cm³/mol. The number of benzene rings is 13. The van der Waals surface area contributed by atoms with Crippen LogP contribution in [0.2, 0.25) is 0 Å². The van der Waals surface area contributed by atoms with Gasteiger partial charge in [0.1, 0.15) is 12.1 Å². The van der Waals surface area contributed by atoms with Gasteiger partial charge in [0.2, 0.25) is 0 Å². The van der Waals surface area contributed by atoms with E-state index in [9.17, 15) is 4.39 Å². The molecule has 106 heavy (non-hydrogen) atoms. The second-order valence-electron chi connectivity index (χ2n) is 26.3. The Morgan fingerprint density at radius 2 is 0.792 bits per heavy atom. The minimum absolute atomic E-state index is 0. The molecule has 1 aliphatic heterocycles. The molecule has 0 spiro atoms. The van der Waals surface area contributed by atoms with Gasteiger partial charge in [0, 0.05) is 149 Å². The van der Waals surface area contributed by atoms with Crippen molar-refractivity contribution in [2.24, 2.45) is 0 Å². The molecule has 11 heterocycles. The molecule has 24 rings (SSSR count). The smallest absolute Gasteiger partial charge is 0.296 e. The van der Waals surface area contributed by atoms with Crippen LogP contribution in [0, 0.1) is 30.1 Å². The number of halogens is 1. The van der Waals surface area contributed by atoms with Crippen LogP contribution in [0.3, 0.4) is 0 Å². The normalized spacial score (nSPS) is 11.7. The van der Waals surface area contributed by atoms with Crippen LogP contribution in [0.25, 0.3) is 170 Å². The Kier molecular flexibility index (Phi) is 18.5. The van der Waals surface area contributed by atoms with E-state index in [2.05, 4.69) is 264 Å². The Morgan fingerprint density at radius 1 is 0.368 bits per heavy atom. The van der Waals surface area contributed by atoms with Gasteiger partial charge in [0.15, 0.2) is 11.0 Å². The van der Waals surface area contributed by atoms with E-state index in [1.54, 1.807) is 12.3 Å². The number of hydrogen-bond acceptors (Lipinski definition) is 4. The molecular formula is C91H58FIr4N10-3. The summed E-state index contributed by atoms with van der Waals surface area (Å²) in [6, 6.07) is 107. The van der Waals surface area contributed by atoms with Gasteiger partial charge in [0.05, 0.1) is 50.0 Å². The van der Waals surface area contributed by atoms with Crippen LogP contribution in [0.5, 0.6) is 0 Å². The van der Waals surface area contributed by atoms with E-state index in [1.807, 2.05) is 89.7 Å². The summed E-state index contributed by atoms with van der Waals surface area (Å²) in [4.78, 5) is 18.5. The summed E-state index contributed by atoms with van der Waals surface area (Å²) < 4.78 is 27.0. The summed E-state index contributed by atoms with van der Waals surface area (Å²) in [6.45, 7) is 5.43. The Hall–Kier alpha value is -10.8. The number of pyridine rings is 5. The van der Waals surface area contributed by atoms with Gasteiger partial charge in [-0.25, -0.2) is 4.57 Å². The van der Waals surface area contributed by atoms with E-state index < -0.39 is 0 Å². The molecule has 0 aliphatic carbocycles. The summed E-state index contributed by atoms with van der Waals surface area (Å²) in [7, 11) is 0. The van der Waals surface area contributed by atoms with Crippen molar-refractivity contribution in [3.8, 4) is 0 Å². The number of para-hydroxylation sites is 9. The Bertz CT molecular complexity index is 7330. The number of aromatic nitrogens is 10. The van der Waals surface area contributed by atoms with E-state index in [0.717, 1.165) is 83.5 Å². The molecule has 0 N–H and O–H groups in total. The van der Waals surface area contributed by atoms with Crippen molar-refractivity contribution in [1.82, 2.24) is 41.9 Å². The SMILES string of the molecule is CC(C)c1ccc2nc3c4[c-]cccc4c4ccccc4n3c2c1.Fc1c[c-]c2c(c1)c1ccccc1n1ccnc21.[Ir].[Ir].[Ir].[Ir].[c-]1cccc2c1c1nc3ccccc3n1c1ccccc21.[c-]1cccc2c1c1nccn1c1ccccc21.c1cc2c3c(c1)c1ccccc1n1c4ccccc4[n+](c31)C2. The van der Waals surface area contributed by atoms with Crippen molar-refractivity contribution >= 4 is 170 Å². The molecule has 13 aromatic carbocycles. The van der Waals surface area contributed by atoms with Gasteiger partial charge in [-0.1, -0.05) is 180 Å². The first-order chi connectivity index (χ1) is 50.4. The molecule has 15 heteroatoms. The average molecular weight is 2080 g/mol. The first-order valence-electron chi connectivity index (χ1n) is 34.4. The minimum atomic E-state index is -0.274. The van der Waals surface area contributed by atoms with Gasteiger partial charge in [0.25, 0.3) is 5.65 Å². The van der Waals surface area contributed by atoms with Crippen molar-refractivity contribution in [2.45, 2.75) is 26.3 Å². The second-order valence-corrected chi connectivity index (χ2v) is 26.3. The van der Waals surface area contributed by atoms with Crippen molar-refractivity contribution < 1.29 is 89.4 Å². The van der Waals surface area contributed by atoms with Crippen LogP contribution in [0.15, 0.2) is 298 Å². The maximum atomic E-state index is 13.4.